The maximum atomic E-state index is 4.61. The molecule has 0 radical (unpaired) electrons. The van der Waals surface area contributed by atoms with Gasteiger partial charge in [0.15, 0.2) is 0 Å². The molecule has 1 aliphatic heterocycles. The van der Waals surface area contributed by atoms with Gasteiger partial charge in [-0.1, -0.05) is 6.92 Å². The molecule has 2 aromatic rings. The van der Waals surface area contributed by atoms with Gasteiger partial charge in [0.2, 0.25) is 0 Å². The van der Waals surface area contributed by atoms with Gasteiger partial charge in [0, 0.05) is 38.1 Å². The van der Waals surface area contributed by atoms with Crippen LogP contribution in [0.2, 0.25) is 0 Å². The highest BCUT2D eigenvalue weighted by molar-refractivity contribution is 5.41. The van der Waals surface area contributed by atoms with E-state index >= 15 is 0 Å². The normalized spacial score (nSPS) is 18.4. The van der Waals surface area contributed by atoms with Crippen molar-refractivity contribution in [3.63, 3.8) is 0 Å². The second-order valence-electron chi connectivity index (χ2n) is 5.95. The van der Waals surface area contributed by atoms with Gasteiger partial charge in [-0.05, 0) is 37.7 Å². The number of anilines is 1. The van der Waals surface area contributed by atoms with E-state index in [4.69, 9.17) is 0 Å². The minimum atomic E-state index is 0.689. The van der Waals surface area contributed by atoms with Crippen molar-refractivity contribution in [1.82, 2.24) is 19.7 Å². The molecule has 5 heteroatoms. The first kappa shape index (κ1) is 14.0. The Bertz CT molecular complexity index is 619. The Hall–Kier alpha value is -1.91. The molecule has 3 rings (SSSR count). The maximum absolute atomic E-state index is 4.61. The van der Waals surface area contributed by atoms with Crippen LogP contribution in [-0.4, -0.2) is 32.8 Å². The Kier molecular flexibility index (Phi) is 3.90. The first-order valence-corrected chi connectivity index (χ1v) is 7.71. The second-order valence-corrected chi connectivity index (χ2v) is 5.95. The van der Waals surface area contributed by atoms with Crippen LogP contribution in [-0.2, 0) is 19.9 Å². The molecule has 2 aromatic heterocycles. The van der Waals surface area contributed by atoms with Crippen molar-refractivity contribution in [2.75, 3.05) is 18.0 Å². The Morgan fingerprint density at radius 3 is 2.90 bits per heavy atom. The largest absolute Gasteiger partial charge is 0.356 e. The van der Waals surface area contributed by atoms with Crippen LogP contribution in [0.15, 0.2) is 18.5 Å². The molecule has 1 saturated heterocycles. The molecule has 0 spiro atoms. The number of hydrogen-bond acceptors (Lipinski definition) is 4. The summed E-state index contributed by atoms with van der Waals surface area (Å²) in [5.41, 5.74) is 2.46. The van der Waals surface area contributed by atoms with Gasteiger partial charge in [0.25, 0.3) is 0 Å². The lowest BCUT2D eigenvalue weighted by atomic mass is 10.0. The van der Waals surface area contributed by atoms with Crippen molar-refractivity contribution in [1.29, 1.82) is 0 Å². The summed E-state index contributed by atoms with van der Waals surface area (Å²) in [6.45, 7) is 6.28. The fraction of sp³-hybridized carbons (Fsp3) is 0.562. The van der Waals surface area contributed by atoms with E-state index in [-0.39, 0.29) is 0 Å². The van der Waals surface area contributed by atoms with E-state index in [1.165, 1.54) is 12.0 Å². The average Bonchev–Trinajstić information content (AvgIpc) is 3.08. The number of rotatable bonds is 4. The maximum Gasteiger partial charge on any atom is 0.132 e. The van der Waals surface area contributed by atoms with Crippen molar-refractivity contribution < 1.29 is 0 Å². The van der Waals surface area contributed by atoms with Crippen molar-refractivity contribution in [2.45, 2.75) is 33.1 Å². The third-order valence-corrected chi connectivity index (χ3v) is 4.13. The van der Waals surface area contributed by atoms with Gasteiger partial charge >= 0.3 is 0 Å². The van der Waals surface area contributed by atoms with E-state index in [0.29, 0.717) is 5.92 Å². The molecule has 1 aliphatic rings. The van der Waals surface area contributed by atoms with Gasteiger partial charge < -0.3 is 4.90 Å². The summed E-state index contributed by atoms with van der Waals surface area (Å²) in [5, 5.41) is 4.25. The van der Waals surface area contributed by atoms with Crippen LogP contribution < -0.4 is 4.90 Å². The highest BCUT2D eigenvalue weighted by Gasteiger charge is 2.24. The lowest BCUT2D eigenvalue weighted by Gasteiger charge is -2.18. The molecule has 0 amide bonds. The Morgan fingerprint density at radius 2 is 2.19 bits per heavy atom. The standard InChI is InChI=1S/C16H23N5/c1-4-15-8-16(19-12(2)18-15)21-6-5-13(11-21)7-14-9-17-20(3)10-14/h8-10,13H,4-7,11H2,1-3H3. The monoisotopic (exact) mass is 285 g/mol. The van der Waals surface area contributed by atoms with Crippen LogP contribution in [0.1, 0.15) is 30.4 Å². The number of aromatic nitrogens is 4. The smallest absolute Gasteiger partial charge is 0.132 e. The van der Waals surface area contributed by atoms with Gasteiger partial charge in [-0.2, -0.15) is 5.10 Å². The van der Waals surface area contributed by atoms with Crippen molar-refractivity contribution >= 4 is 5.82 Å². The Balaban J connectivity index is 1.67. The molecule has 0 aromatic carbocycles. The van der Waals surface area contributed by atoms with E-state index in [9.17, 15) is 0 Å². The third kappa shape index (κ3) is 3.23. The van der Waals surface area contributed by atoms with Crippen LogP contribution in [0.5, 0.6) is 0 Å². The number of hydrogen-bond donors (Lipinski definition) is 0. The van der Waals surface area contributed by atoms with Crippen LogP contribution in [0.3, 0.4) is 0 Å². The van der Waals surface area contributed by atoms with Crippen LogP contribution in [0.25, 0.3) is 0 Å². The average molecular weight is 285 g/mol. The van der Waals surface area contributed by atoms with Gasteiger partial charge in [-0.25, -0.2) is 9.97 Å². The minimum absolute atomic E-state index is 0.689. The number of aryl methyl sites for hydroxylation is 3. The molecule has 5 nitrogen and oxygen atoms in total. The zero-order valence-electron chi connectivity index (χ0n) is 13.1. The summed E-state index contributed by atoms with van der Waals surface area (Å²) in [6.07, 6.45) is 7.39. The second kappa shape index (κ2) is 5.84. The minimum Gasteiger partial charge on any atom is -0.356 e. The van der Waals surface area contributed by atoms with Crippen LogP contribution in [0, 0.1) is 12.8 Å². The SMILES string of the molecule is CCc1cc(N2CCC(Cc3cnn(C)c3)C2)nc(C)n1. The molecule has 1 atom stereocenters. The lowest BCUT2D eigenvalue weighted by molar-refractivity contribution is 0.585. The molecule has 1 unspecified atom stereocenters. The van der Waals surface area contributed by atoms with Gasteiger partial charge in [-0.3, -0.25) is 4.68 Å². The Labute approximate surface area is 126 Å². The van der Waals surface area contributed by atoms with E-state index in [1.807, 2.05) is 24.9 Å². The molecule has 21 heavy (non-hydrogen) atoms. The third-order valence-electron chi connectivity index (χ3n) is 4.13. The van der Waals surface area contributed by atoms with E-state index in [1.54, 1.807) is 0 Å². The summed E-state index contributed by atoms with van der Waals surface area (Å²) in [5.74, 6) is 2.66. The Morgan fingerprint density at radius 1 is 1.33 bits per heavy atom. The molecule has 3 heterocycles. The van der Waals surface area contributed by atoms with Crippen molar-refractivity contribution in [2.24, 2.45) is 13.0 Å². The summed E-state index contributed by atoms with van der Waals surface area (Å²) < 4.78 is 1.88. The summed E-state index contributed by atoms with van der Waals surface area (Å²) in [4.78, 5) is 11.5. The van der Waals surface area contributed by atoms with Crippen LogP contribution >= 0.6 is 0 Å². The molecule has 0 aliphatic carbocycles. The molecule has 0 N–H and O–H groups in total. The van der Waals surface area contributed by atoms with Crippen LogP contribution in [0.4, 0.5) is 5.82 Å². The van der Waals surface area contributed by atoms with Crippen molar-refractivity contribution in [3.8, 4) is 0 Å². The van der Waals surface area contributed by atoms with Crippen molar-refractivity contribution in [3.05, 3.63) is 35.5 Å². The fourth-order valence-corrected chi connectivity index (χ4v) is 3.07. The first-order valence-electron chi connectivity index (χ1n) is 7.71. The predicted octanol–water partition coefficient (Wildman–Crippen LogP) is 2.15. The number of nitrogens with zero attached hydrogens (tertiary/aromatic N) is 5. The lowest BCUT2D eigenvalue weighted by Crippen LogP contribution is -2.22. The predicted molar refractivity (Wildman–Crippen MR) is 83.4 cm³/mol. The zero-order valence-corrected chi connectivity index (χ0v) is 13.1. The summed E-state index contributed by atoms with van der Waals surface area (Å²) >= 11 is 0. The molecule has 1 fully saturated rings. The van der Waals surface area contributed by atoms with E-state index in [0.717, 1.165) is 43.3 Å². The highest BCUT2D eigenvalue weighted by atomic mass is 15.2. The molecule has 0 saturated carbocycles. The molecular formula is C16H23N5. The quantitative estimate of drug-likeness (QED) is 0.863. The summed E-state index contributed by atoms with van der Waals surface area (Å²) in [6, 6.07) is 2.14. The topological polar surface area (TPSA) is 46.8 Å². The van der Waals surface area contributed by atoms with Gasteiger partial charge in [0.1, 0.15) is 11.6 Å². The highest BCUT2D eigenvalue weighted by Crippen LogP contribution is 2.25. The van der Waals surface area contributed by atoms with E-state index < -0.39 is 0 Å². The zero-order chi connectivity index (χ0) is 14.8. The fourth-order valence-electron chi connectivity index (χ4n) is 3.07. The van der Waals surface area contributed by atoms with Gasteiger partial charge in [-0.15, -0.1) is 0 Å². The summed E-state index contributed by atoms with van der Waals surface area (Å²) in [7, 11) is 1.97. The molecule has 112 valence electrons. The first-order chi connectivity index (χ1) is 10.1. The molecule has 0 bridgehead atoms. The van der Waals surface area contributed by atoms with E-state index in [2.05, 4.69) is 39.2 Å². The van der Waals surface area contributed by atoms with Gasteiger partial charge in [0.05, 0.1) is 6.20 Å². The molecular weight excluding hydrogens is 262 g/mol.